The molecule has 0 unspecified atom stereocenters. The minimum absolute atomic E-state index is 0.00330. The number of carbonyl (C=O) groups is 1. The Bertz CT molecular complexity index is 1280. The highest BCUT2D eigenvalue weighted by atomic mass is 32.2. The van der Waals surface area contributed by atoms with E-state index in [1.165, 1.54) is 23.2 Å². The average Bonchev–Trinajstić information content (AvgIpc) is 3.48. The maximum Gasteiger partial charge on any atom is 0.326 e. The normalized spacial score (nSPS) is 23.2. The summed E-state index contributed by atoms with van der Waals surface area (Å²) in [4.78, 5) is 19.9. The third kappa shape index (κ3) is 3.26. The number of amides is 2. The van der Waals surface area contributed by atoms with Crippen LogP contribution < -0.4 is 9.62 Å². The molecule has 0 spiro atoms. The second kappa shape index (κ2) is 7.46. The molecule has 2 fully saturated rings. The van der Waals surface area contributed by atoms with E-state index in [0.717, 1.165) is 10.5 Å². The van der Waals surface area contributed by atoms with Gasteiger partial charge in [-0.05, 0) is 19.4 Å². The molecule has 5 rings (SSSR count). The van der Waals surface area contributed by atoms with Gasteiger partial charge in [-0.3, -0.25) is 4.90 Å². The lowest BCUT2D eigenvalue weighted by molar-refractivity contribution is -0.0448. The van der Waals surface area contributed by atoms with E-state index in [9.17, 15) is 22.0 Å². The van der Waals surface area contributed by atoms with Gasteiger partial charge in [-0.1, -0.05) is 17.3 Å². The number of halogens is 2. The minimum atomic E-state index is -3.87. The highest BCUT2D eigenvalue weighted by Gasteiger charge is 2.60. The first-order valence-electron chi connectivity index (χ1n) is 9.97. The molecular formula is C19H19F2N5O4S2. The van der Waals surface area contributed by atoms with Crippen molar-refractivity contribution in [3.05, 3.63) is 29.8 Å². The van der Waals surface area contributed by atoms with Gasteiger partial charge in [0.15, 0.2) is 11.4 Å². The first kappa shape index (κ1) is 21.2. The van der Waals surface area contributed by atoms with Crippen LogP contribution in [-0.2, 0) is 10.0 Å². The summed E-state index contributed by atoms with van der Waals surface area (Å²) < 4.78 is 61.2. The third-order valence-corrected chi connectivity index (χ3v) is 8.08. The zero-order valence-electron chi connectivity index (χ0n) is 16.9. The van der Waals surface area contributed by atoms with E-state index in [4.69, 9.17) is 4.52 Å². The smallest absolute Gasteiger partial charge is 0.326 e. The number of anilines is 1. The molecule has 1 N–H and O–H groups in total. The van der Waals surface area contributed by atoms with Crippen LogP contribution in [0.4, 0.5) is 19.4 Å². The topological polar surface area (TPSA) is 109 Å². The third-order valence-electron chi connectivity index (χ3n) is 5.87. The summed E-state index contributed by atoms with van der Waals surface area (Å²) in [6.07, 6.45) is 1.61. The van der Waals surface area contributed by atoms with E-state index in [0.29, 0.717) is 16.0 Å². The van der Waals surface area contributed by atoms with Gasteiger partial charge in [0.1, 0.15) is 17.1 Å². The summed E-state index contributed by atoms with van der Waals surface area (Å²) in [5, 5.41) is 7.17. The molecule has 2 aliphatic heterocycles. The summed E-state index contributed by atoms with van der Waals surface area (Å²) in [6, 6.07) is 1.59. The van der Waals surface area contributed by atoms with Crippen LogP contribution in [0.5, 0.6) is 0 Å². The van der Waals surface area contributed by atoms with Crippen molar-refractivity contribution >= 4 is 44.2 Å². The number of alkyl halides is 2. The zero-order valence-corrected chi connectivity index (χ0v) is 18.5. The van der Waals surface area contributed by atoms with E-state index in [1.807, 2.05) is 16.2 Å². The maximum atomic E-state index is 15.0. The highest BCUT2D eigenvalue weighted by Crippen LogP contribution is 2.42. The monoisotopic (exact) mass is 483 g/mol. The molecule has 2 amide bonds. The fraction of sp³-hybridized carbons (Fsp3) is 0.421. The Labute approximate surface area is 186 Å². The van der Waals surface area contributed by atoms with Gasteiger partial charge >= 0.3 is 6.03 Å². The van der Waals surface area contributed by atoms with Crippen molar-refractivity contribution in [2.24, 2.45) is 0 Å². The van der Waals surface area contributed by atoms with Gasteiger partial charge < -0.3 is 9.42 Å². The first-order valence-corrected chi connectivity index (χ1v) is 12.5. The Morgan fingerprint density at radius 1 is 1.38 bits per heavy atom. The Kier molecular flexibility index (Phi) is 4.94. The number of sulfonamides is 1. The first-order chi connectivity index (χ1) is 15.2. The molecular weight excluding hydrogens is 464 g/mol. The van der Waals surface area contributed by atoms with E-state index < -0.39 is 40.6 Å². The van der Waals surface area contributed by atoms with Crippen LogP contribution in [0.2, 0.25) is 0 Å². The SMILES string of the molecule is CCS(=O)(=O)N[C@@H]1CN2C(=O)N(c3noc4cccc(-c5nccs5)c34)CC[C@@H]2C1(F)F. The summed E-state index contributed by atoms with van der Waals surface area (Å²) >= 11 is 1.41. The number of aromatic nitrogens is 2. The minimum Gasteiger partial charge on any atom is -0.354 e. The molecule has 0 radical (unpaired) electrons. The molecule has 13 heteroatoms. The number of thiazole rings is 1. The predicted octanol–water partition coefficient (Wildman–Crippen LogP) is 2.91. The molecule has 1 aromatic carbocycles. The number of hydrogen-bond acceptors (Lipinski definition) is 7. The molecule has 170 valence electrons. The van der Waals surface area contributed by atoms with Crippen molar-refractivity contribution in [2.75, 3.05) is 23.7 Å². The lowest BCUT2D eigenvalue weighted by Crippen LogP contribution is -2.56. The number of nitrogens with zero attached hydrogens (tertiary/aromatic N) is 4. The van der Waals surface area contributed by atoms with E-state index in [2.05, 4.69) is 10.1 Å². The average molecular weight is 484 g/mol. The van der Waals surface area contributed by atoms with Gasteiger partial charge in [0, 0.05) is 30.2 Å². The van der Waals surface area contributed by atoms with Crippen molar-refractivity contribution < 1.29 is 26.5 Å². The number of urea groups is 1. The van der Waals surface area contributed by atoms with Crippen LogP contribution in [-0.4, -0.2) is 66.3 Å². The van der Waals surface area contributed by atoms with Gasteiger partial charge in [0.2, 0.25) is 10.0 Å². The van der Waals surface area contributed by atoms with Crippen molar-refractivity contribution in [3.8, 4) is 10.6 Å². The summed E-state index contributed by atoms with van der Waals surface area (Å²) in [5.74, 6) is -3.48. The van der Waals surface area contributed by atoms with Gasteiger partial charge in [-0.15, -0.1) is 11.3 Å². The van der Waals surface area contributed by atoms with Crippen LogP contribution in [0, 0.1) is 0 Å². The fourth-order valence-electron chi connectivity index (χ4n) is 4.25. The van der Waals surface area contributed by atoms with Crippen LogP contribution in [0.1, 0.15) is 13.3 Å². The number of carbonyl (C=O) groups excluding carboxylic acids is 1. The lowest BCUT2D eigenvalue weighted by Gasteiger charge is -2.37. The number of benzene rings is 1. The number of rotatable bonds is 5. The van der Waals surface area contributed by atoms with Crippen LogP contribution in [0.15, 0.2) is 34.3 Å². The van der Waals surface area contributed by atoms with Crippen molar-refractivity contribution in [2.45, 2.75) is 31.4 Å². The zero-order chi connectivity index (χ0) is 22.7. The summed E-state index contributed by atoms with van der Waals surface area (Å²) in [5.41, 5.74) is 1.17. The predicted molar refractivity (Wildman–Crippen MR) is 114 cm³/mol. The highest BCUT2D eigenvalue weighted by molar-refractivity contribution is 7.89. The number of nitrogens with one attached hydrogen (secondary N) is 1. The van der Waals surface area contributed by atoms with Crippen LogP contribution in [0.3, 0.4) is 0 Å². The molecule has 0 saturated carbocycles. The van der Waals surface area contributed by atoms with Crippen molar-refractivity contribution in [1.29, 1.82) is 0 Å². The second-order valence-corrected chi connectivity index (χ2v) is 10.6. The summed E-state index contributed by atoms with van der Waals surface area (Å²) in [6.45, 7) is 0.934. The Hall–Kier alpha value is -2.64. The fourth-order valence-corrected chi connectivity index (χ4v) is 5.76. The second-order valence-electron chi connectivity index (χ2n) is 7.66. The van der Waals surface area contributed by atoms with Gasteiger partial charge in [0.05, 0.1) is 11.1 Å². The number of fused-ring (bicyclic) bond motifs is 2. The van der Waals surface area contributed by atoms with Gasteiger partial charge in [0.25, 0.3) is 5.92 Å². The number of hydrogen-bond donors (Lipinski definition) is 1. The van der Waals surface area contributed by atoms with E-state index >= 15 is 0 Å². The molecule has 2 atom stereocenters. The largest absolute Gasteiger partial charge is 0.354 e. The molecule has 2 saturated heterocycles. The molecule has 4 heterocycles. The van der Waals surface area contributed by atoms with Crippen LogP contribution >= 0.6 is 11.3 Å². The molecule has 2 aliphatic rings. The standard InChI is InChI=1S/C19H19F2N5O4S2/c1-2-32(28,29)24-13-10-26-14(19(13,20)21)6-8-25(18(26)27)16-15-11(17-22-7-9-31-17)4-3-5-12(15)30-23-16/h3-5,7,9,13-14,24H,2,6,8,10H2,1H3/t13-,14-/m1/s1. The van der Waals surface area contributed by atoms with Gasteiger partial charge in [-0.25, -0.2) is 31.7 Å². The van der Waals surface area contributed by atoms with Crippen LogP contribution in [0.25, 0.3) is 21.5 Å². The molecule has 2 aromatic heterocycles. The van der Waals surface area contributed by atoms with Gasteiger partial charge in [-0.2, -0.15) is 0 Å². The Balaban J connectivity index is 1.50. The molecule has 9 nitrogen and oxygen atoms in total. The molecule has 32 heavy (non-hydrogen) atoms. The lowest BCUT2D eigenvalue weighted by atomic mass is 10.0. The van der Waals surface area contributed by atoms with Crippen molar-refractivity contribution in [3.63, 3.8) is 0 Å². The van der Waals surface area contributed by atoms with E-state index in [1.54, 1.807) is 18.3 Å². The summed E-state index contributed by atoms with van der Waals surface area (Å²) in [7, 11) is -3.87. The Morgan fingerprint density at radius 2 is 2.19 bits per heavy atom. The maximum absolute atomic E-state index is 15.0. The van der Waals surface area contributed by atoms with Crippen molar-refractivity contribution in [1.82, 2.24) is 19.8 Å². The molecule has 0 aliphatic carbocycles. The quantitative estimate of drug-likeness (QED) is 0.598. The Morgan fingerprint density at radius 3 is 2.91 bits per heavy atom. The molecule has 0 bridgehead atoms. The van der Waals surface area contributed by atoms with E-state index in [-0.39, 0.29) is 24.5 Å². The molecule has 3 aromatic rings.